The van der Waals surface area contributed by atoms with E-state index in [1.165, 1.54) is 4.88 Å². The largest absolute Gasteiger partial charge is 0.348 e. The maximum absolute atomic E-state index is 11.8. The third kappa shape index (κ3) is 3.54. The van der Waals surface area contributed by atoms with Gasteiger partial charge in [-0.15, -0.1) is 11.3 Å². The molecule has 106 valence electrons. The molecule has 0 saturated heterocycles. The summed E-state index contributed by atoms with van der Waals surface area (Å²) in [6.07, 6.45) is 3.80. The van der Waals surface area contributed by atoms with Crippen LogP contribution in [0.3, 0.4) is 0 Å². The number of carbonyl (C=O) groups is 1. The molecule has 0 N–H and O–H groups in total. The lowest BCUT2D eigenvalue weighted by Gasteiger charge is -2.20. The van der Waals surface area contributed by atoms with E-state index in [1.807, 2.05) is 0 Å². The number of aromatic nitrogens is 1. The van der Waals surface area contributed by atoms with Crippen LogP contribution in [-0.4, -0.2) is 49.4 Å². The van der Waals surface area contributed by atoms with Crippen molar-refractivity contribution >= 4 is 22.3 Å². The number of rotatable bonds is 6. The Morgan fingerprint density at radius 2 is 2.05 bits per heavy atom. The normalized spacial score (nSPS) is 14.8. The molecule has 0 bridgehead atoms. The van der Waals surface area contributed by atoms with Crippen LogP contribution in [0.1, 0.15) is 41.6 Å². The summed E-state index contributed by atoms with van der Waals surface area (Å²) in [5.41, 5.74) is 0.748. The van der Waals surface area contributed by atoms with Gasteiger partial charge in [0.05, 0.1) is 0 Å². The van der Waals surface area contributed by atoms with Gasteiger partial charge in [0.15, 0.2) is 10.9 Å². The quantitative estimate of drug-likeness (QED) is 0.802. The number of nitrogens with zero attached hydrogens (tertiary/aromatic N) is 3. The van der Waals surface area contributed by atoms with Gasteiger partial charge in [-0.25, -0.2) is 4.98 Å². The van der Waals surface area contributed by atoms with Crippen LogP contribution in [0.4, 0.5) is 5.13 Å². The first-order valence-corrected chi connectivity index (χ1v) is 7.86. The Kier molecular flexibility index (Phi) is 4.93. The minimum atomic E-state index is 0.230. The van der Waals surface area contributed by atoms with Crippen LogP contribution < -0.4 is 4.90 Å². The Balaban J connectivity index is 2.04. The molecule has 0 fully saturated rings. The molecule has 0 unspecified atom stereocenters. The smallest absolute Gasteiger partial charge is 0.186 e. The third-order valence-electron chi connectivity index (χ3n) is 3.44. The van der Waals surface area contributed by atoms with E-state index in [9.17, 15) is 4.79 Å². The second-order valence-electron chi connectivity index (χ2n) is 5.28. The lowest BCUT2D eigenvalue weighted by atomic mass is 10.0. The zero-order valence-electron chi connectivity index (χ0n) is 12.1. The Morgan fingerprint density at radius 3 is 2.68 bits per heavy atom. The molecule has 0 saturated carbocycles. The first-order valence-electron chi connectivity index (χ1n) is 7.04. The zero-order valence-corrected chi connectivity index (χ0v) is 12.9. The maximum atomic E-state index is 11.8. The highest BCUT2D eigenvalue weighted by Gasteiger charge is 2.23. The number of aryl methyl sites for hydroxylation is 1. The molecule has 19 heavy (non-hydrogen) atoms. The number of ketones is 1. The topological polar surface area (TPSA) is 36.4 Å². The van der Waals surface area contributed by atoms with E-state index in [2.05, 4.69) is 35.8 Å². The van der Waals surface area contributed by atoms with E-state index < -0.39 is 0 Å². The Bertz CT molecular complexity index is 442. The monoisotopic (exact) mass is 281 g/mol. The molecule has 0 spiro atoms. The fourth-order valence-corrected chi connectivity index (χ4v) is 3.57. The number of thiazole rings is 1. The van der Waals surface area contributed by atoms with Crippen molar-refractivity contribution in [3.8, 4) is 0 Å². The van der Waals surface area contributed by atoms with E-state index in [0.717, 1.165) is 49.7 Å². The molecule has 0 aromatic carbocycles. The first-order chi connectivity index (χ1) is 9.11. The van der Waals surface area contributed by atoms with Crippen molar-refractivity contribution in [2.45, 2.75) is 32.6 Å². The maximum Gasteiger partial charge on any atom is 0.186 e. The average molecular weight is 281 g/mol. The summed E-state index contributed by atoms with van der Waals surface area (Å²) < 4.78 is 0. The summed E-state index contributed by atoms with van der Waals surface area (Å²) >= 11 is 1.71. The van der Waals surface area contributed by atoms with Crippen LogP contribution in [0, 0.1) is 0 Å². The van der Waals surface area contributed by atoms with Crippen LogP contribution in [0.2, 0.25) is 0 Å². The van der Waals surface area contributed by atoms with Crippen molar-refractivity contribution in [3.05, 3.63) is 10.6 Å². The van der Waals surface area contributed by atoms with E-state index in [1.54, 1.807) is 11.3 Å². The number of Topliss-reactive ketones (excluding diaryl/α,β-unsaturated/α-hetero) is 1. The standard InChI is InChI=1S/C14H23N3OS/c1-4-17(10-6-9-16(2)3)14-15-13-11(18)7-5-8-12(13)19-14/h4-10H2,1-3H3. The average Bonchev–Trinajstić information content (AvgIpc) is 2.79. The van der Waals surface area contributed by atoms with Gasteiger partial charge >= 0.3 is 0 Å². The van der Waals surface area contributed by atoms with E-state index in [0.29, 0.717) is 6.42 Å². The molecule has 0 radical (unpaired) electrons. The van der Waals surface area contributed by atoms with E-state index >= 15 is 0 Å². The summed E-state index contributed by atoms with van der Waals surface area (Å²) in [4.78, 5) is 22.1. The third-order valence-corrected chi connectivity index (χ3v) is 4.62. The Labute approximate surface area is 119 Å². The highest BCUT2D eigenvalue weighted by Crippen LogP contribution is 2.31. The molecular weight excluding hydrogens is 258 g/mol. The number of anilines is 1. The highest BCUT2D eigenvalue weighted by atomic mass is 32.1. The van der Waals surface area contributed by atoms with Gasteiger partial charge in [0, 0.05) is 24.4 Å². The van der Waals surface area contributed by atoms with Crippen LogP contribution in [0.25, 0.3) is 0 Å². The molecule has 1 aromatic rings. The molecule has 0 atom stereocenters. The van der Waals surface area contributed by atoms with Crippen molar-refractivity contribution in [3.63, 3.8) is 0 Å². The van der Waals surface area contributed by atoms with Crippen molar-refractivity contribution < 1.29 is 4.79 Å². The Morgan fingerprint density at radius 1 is 1.26 bits per heavy atom. The van der Waals surface area contributed by atoms with Gasteiger partial charge in [0.25, 0.3) is 0 Å². The van der Waals surface area contributed by atoms with Crippen LogP contribution in [0.15, 0.2) is 0 Å². The minimum absolute atomic E-state index is 0.230. The number of fused-ring (bicyclic) bond motifs is 1. The lowest BCUT2D eigenvalue weighted by Crippen LogP contribution is -2.27. The summed E-state index contributed by atoms with van der Waals surface area (Å²) in [5, 5.41) is 1.03. The summed E-state index contributed by atoms with van der Waals surface area (Å²) in [6.45, 7) is 5.20. The van der Waals surface area contributed by atoms with E-state index in [4.69, 9.17) is 0 Å². The molecule has 0 amide bonds. The van der Waals surface area contributed by atoms with Crippen molar-refractivity contribution in [1.29, 1.82) is 0 Å². The van der Waals surface area contributed by atoms with Crippen LogP contribution in [-0.2, 0) is 6.42 Å². The minimum Gasteiger partial charge on any atom is -0.348 e. The van der Waals surface area contributed by atoms with Crippen molar-refractivity contribution in [2.75, 3.05) is 38.6 Å². The Hall–Kier alpha value is -0.940. The van der Waals surface area contributed by atoms with Gasteiger partial charge in [0.1, 0.15) is 5.69 Å². The van der Waals surface area contributed by atoms with Gasteiger partial charge in [0.2, 0.25) is 0 Å². The summed E-state index contributed by atoms with van der Waals surface area (Å²) in [6, 6.07) is 0. The molecule has 1 aliphatic carbocycles. The van der Waals surface area contributed by atoms with Crippen LogP contribution >= 0.6 is 11.3 Å². The molecule has 0 aliphatic heterocycles. The second kappa shape index (κ2) is 6.48. The highest BCUT2D eigenvalue weighted by molar-refractivity contribution is 7.16. The summed E-state index contributed by atoms with van der Waals surface area (Å²) in [5.74, 6) is 0.230. The lowest BCUT2D eigenvalue weighted by molar-refractivity contribution is 0.0968. The van der Waals surface area contributed by atoms with Crippen molar-refractivity contribution in [1.82, 2.24) is 9.88 Å². The predicted octanol–water partition coefficient (Wildman–Crippen LogP) is 2.44. The van der Waals surface area contributed by atoms with Gasteiger partial charge in [-0.1, -0.05) is 0 Å². The number of carbonyl (C=O) groups excluding carboxylic acids is 1. The molecular formula is C14H23N3OS. The van der Waals surface area contributed by atoms with Gasteiger partial charge in [-0.2, -0.15) is 0 Å². The zero-order chi connectivity index (χ0) is 13.8. The first kappa shape index (κ1) is 14.5. The number of hydrogen-bond donors (Lipinski definition) is 0. The van der Waals surface area contributed by atoms with Gasteiger partial charge in [-0.05, 0) is 46.8 Å². The molecule has 1 heterocycles. The molecule has 5 heteroatoms. The molecule has 2 rings (SSSR count). The van der Waals surface area contributed by atoms with E-state index in [-0.39, 0.29) is 5.78 Å². The predicted molar refractivity (Wildman–Crippen MR) is 80.4 cm³/mol. The number of hydrogen-bond acceptors (Lipinski definition) is 5. The van der Waals surface area contributed by atoms with Gasteiger partial charge < -0.3 is 9.80 Å². The molecule has 1 aliphatic rings. The second-order valence-corrected chi connectivity index (χ2v) is 6.34. The van der Waals surface area contributed by atoms with Crippen molar-refractivity contribution in [2.24, 2.45) is 0 Å². The van der Waals surface area contributed by atoms with Crippen LogP contribution in [0.5, 0.6) is 0 Å². The molecule has 4 nitrogen and oxygen atoms in total. The fraction of sp³-hybridized carbons (Fsp3) is 0.714. The molecule has 1 aromatic heterocycles. The fourth-order valence-electron chi connectivity index (χ4n) is 2.36. The van der Waals surface area contributed by atoms with Gasteiger partial charge in [-0.3, -0.25) is 4.79 Å². The SMILES string of the molecule is CCN(CCCN(C)C)c1nc2c(s1)CCCC2=O. The summed E-state index contributed by atoms with van der Waals surface area (Å²) in [7, 11) is 4.19.